The number of ether oxygens (including phenoxy) is 3. The van der Waals surface area contributed by atoms with Crippen molar-refractivity contribution in [2.45, 2.75) is 25.0 Å². The van der Waals surface area contributed by atoms with Gasteiger partial charge in [-0.1, -0.05) is 0 Å². The maximum Gasteiger partial charge on any atom is 0.256 e. The van der Waals surface area contributed by atoms with Crippen molar-refractivity contribution in [3.63, 3.8) is 0 Å². The molecule has 2 heterocycles. The number of benzene rings is 1. The number of methoxy groups -OCH3 is 2. The van der Waals surface area contributed by atoms with Gasteiger partial charge in [0.05, 0.1) is 32.0 Å². The lowest BCUT2D eigenvalue weighted by Crippen LogP contribution is -2.46. The molecule has 21 heavy (non-hydrogen) atoms. The summed E-state index contributed by atoms with van der Waals surface area (Å²) in [6.07, 6.45) is 2.37. The molecule has 0 spiro atoms. The van der Waals surface area contributed by atoms with Gasteiger partial charge >= 0.3 is 0 Å². The molecule has 2 aliphatic rings. The lowest BCUT2D eigenvalue weighted by molar-refractivity contribution is -0.0303. The Hall–Kier alpha value is -1.95. The smallest absolute Gasteiger partial charge is 0.256 e. The van der Waals surface area contributed by atoms with Crippen molar-refractivity contribution < 1.29 is 19.0 Å². The number of nitrogen functional groups attached to an aromatic ring is 1. The Balaban J connectivity index is 1.87. The summed E-state index contributed by atoms with van der Waals surface area (Å²) >= 11 is 0. The number of nitrogens with two attached hydrogens (primary N) is 1. The molecule has 0 aromatic heterocycles. The second-order valence-electron chi connectivity index (χ2n) is 5.46. The van der Waals surface area contributed by atoms with Crippen LogP contribution >= 0.6 is 0 Å². The van der Waals surface area contributed by atoms with E-state index in [0.717, 1.165) is 12.8 Å². The number of fused-ring (bicyclic) bond motifs is 2. The van der Waals surface area contributed by atoms with Gasteiger partial charge in [0.25, 0.3) is 5.91 Å². The van der Waals surface area contributed by atoms with E-state index in [1.165, 1.54) is 7.11 Å². The van der Waals surface area contributed by atoms with E-state index in [1.807, 2.05) is 4.90 Å². The van der Waals surface area contributed by atoms with Crippen LogP contribution in [0.3, 0.4) is 0 Å². The van der Waals surface area contributed by atoms with Crippen LogP contribution in [-0.2, 0) is 4.74 Å². The summed E-state index contributed by atoms with van der Waals surface area (Å²) < 4.78 is 16.2. The van der Waals surface area contributed by atoms with E-state index < -0.39 is 0 Å². The first-order chi connectivity index (χ1) is 10.1. The summed E-state index contributed by atoms with van der Waals surface area (Å²) in [7, 11) is 3.08. The SMILES string of the molecule is COc1cc(N)c(C(=O)N2CC3CCC(C2)O3)cc1OC. The third-order valence-corrected chi connectivity index (χ3v) is 4.12. The molecule has 6 heteroatoms. The highest BCUT2D eigenvalue weighted by molar-refractivity contribution is 6.00. The van der Waals surface area contributed by atoms with E-state index in [9.17, 15) is 4.79 Å². The number of carbonyl (C=O) groups is 1. The van der Waals surface area contributed by atoms with Crippen molar-refractivity contribution in [1.29, 1.82) is 0 Å². The minimum atomic E-state index is -0.0753. The van der Waals surface area contributed by atoms with Crippen LogP contribution in [0.1, 0.15) is 23.2 Å². The number of carbonyl (C=O) groups excluding carboxylic acids is 1. The summed E-state index contributed by atoms with van der Waals surface area (Å²) in [4.78, 5) is 14.5. The molecular weight excluding hydrogens is 272 g/mol. The van der Waals surface area contributed by atoms with Crippen molar-refractivity contribution in [2.75, 3.05) is 33.0 Å². The van der Waals surface area contributed by atoms with Gasteiger partial charge in [0.1, 0.15) is 0 Å². The molecule has 2 aliphatic heterocycles. The molecule has 1 aromatic rings. The van der Waals surface area contributed by atoms with Gasteiger partial charge in [-0.2, -0.15) is 0 Å². The van der Waals surface area contributed by atoms with Gasteiger partial charge in [-0.25, -0.2) is 0 Å². The lowest BCUT2D eigenvalue weighted by Gasteiger charge is -2.32. The van der Waals surface area contributed by atoms with Gasteiger partial charge in [0.2, 0.25) is 0 Å². The maximum atomic E-state index is 12.7. The number of amides is 1. The van der Waals surface area contributed by atoms with Crippen molar-refractivity contribution in [3.05, 3.63) is 17.7 Å². The normalized spacial score (nSPS) is 24.0. The molecule has 2 atom stereocenters. The minimum Gasteiger partial charge on any atom is -0.493 e. The molecule has 2 N–H and O–H groups in total. The first-order valence-corrected chi connectivity index (χ1v) is 7.08. The van der Waals surface area contributed by atoms with Gasteiger partial charge in [0.15, 0.2) is 11.5 Å². The number of likely N-dealkylation sites (tertiary alicyclic amines) is 1. The molecule has 0 saturated carbocycles. The van der Waals surface area contributed by atoms with Crippen molar-refractivity contribution in [3.8, 4) is 11.5 Å². The third kappa shape index (κ3) is 2.51. The van der Waals surface area contributed by atoms with Crippen molar-refractivity contribution in [2.24, 2.45) is 0 Å². The second-order valence-corrected chi connectivity index (χ2v) is 5.46. The predicted molar refractivity (Wildman–Crippen MR) is 77.8 cm³/mol. The van der Waals surface area contributed by atoms with Crippen LogP contribution in [0.2, 0.25) is 0 Å². The zero-order valence-electron chi connectivity index (χ0n) is 12.3. The monoisotopic (exact) mass is 292 g/mol. The Bertz CT molecular complexity index is 549. The van der Waals surface area contributed by atoms with E-state index in [-0.39, 0.29) is 18.1 Å². The maximum absolute atomic E-state index is 12.7. The van der Waals surface area contributed by atoms with Crippen molar-refractivity contribution >= 4 is 11.6 Å². The zero-order chi connectivity index (χ0) is 15.0. The van der Waals surface area contributed by atoms with Gasteiger partial charge in [0, 0.05) is 24.8 Å². The fraction of sp³-hybridized carbons (Fsp3) is 0.533. The summed E-state index contributed by atoms with van der Waals surface area (Å²) in [5.41, 5.74) is 6.85. The molecule has 3 rings (SSSR count). The molecule has 2 fully saturated rings. The standard InChI is InChI=1S/C15H20N2O4/c1-19-13-5-11(12(16)6-14(13)20-2)15(18)17-7-9-3-4-10(8-17)21-9/h5-6,9-10H,3-4,7-8,16H2,1-2H3. The van der Waals surface area contributed by atoms with Gasteiger partial charge < -0.3 is 24.8 Å². The highest BCUT2D eigenvalue weighted by Crippen LogP contribution is 2.34. The second kappa shape index (κ2) is 5.44. The van der Waals surface area contributed by atoms with Crippen LogP contribution in [0.15, 0.2) is 12.1 Å². The average Bonchev–Trinajstić information content (AvgIpc) is 2.84. The third-order valence-electron chi connectivity index (χ3n) is 4.12. The lowest BCUT2D eigenvalue weighted by atomic mass is 10.1. The molecule has 2 saturated heterocycles. The molecule has 1 aromatic carbocycles. The fourth-order valence-electron chi connectivity index (χ4n) is 3.03. The molecule has 0 radical (unpaired) electrons. The summed E-state index contributed by atoms with van der Waals surface area (Å²) in [5.74, 6) is 0.952. The van der Waals surface area contributed by atoms with Crippen LogP contribution in [0.4, 0.5) is 5.69 Å². The first-order valence-electron chi connectivity index (χ1n) is 7.08. The fourth-order valence-corrected chi connectivity index (χ4v) is 3.03. The Kier molecular flexibility index (Phi) is 3.63. The largest absolute Gasteiger partial charge is 0.493 e. The highest BCUT2D eigenvalue weighted by atomic mass is 16.5. The molecular formula is C15H20N2O4. The number of anilines is 1. The highest BCUT2D eigenvalue weighted by Gasteiger charge is 2.36. The van der Waals surface area contributed by atoms with E-state index in [2.05, 4.69) is 0 Å². The molecule has 2 unspecified atom stereocenters. The Labute approximate surface area is 123 Å². The zero-order valence-corrected chi connectivity index (χ0v) is 12.3. The van der Waals surface area contributed by atoms with Gasteiger partial charge in [-0.15, -0.1) is 0 Å². The van der Waals surface area contributed by atoms with Gasteiger partial charge in [-0.3, -0.25) is 4.79 Å². The van der Waals surface area contributed by atoms with Gasteiger partial charge in [-0.05, 0) is 18.9 Å². The summed E-state index contributed by atoms with van der Waals surface area (Å²) in [5, 5.41) is 0. The number of hydrogen-bond acceptors (Lipinski definition) is 5. The van der Waals surface area contributed by atoms with Crippen LogP contribution in [0, 0.1) is 0 Å². The van der Waals surface area contributed by atoms with E-state index in [1.54, 1.807) is 19.2 Å². The first kappa shape index (κ1) is 14.0. The predicted octanol–water partition coefficient (Wildman–Crippen LogP) is 1.29. The van der Waals surface area contributed by atoms with E-state index in [4.69, 9.17) is 19.9 Å². The van der Waals surface area contributed by atoms with Crippen LogP contribution < -0.4 is 15.2 Å². The molecule has 114 valence electrons. The molecule has 1 amide bonds. The Morgan fingerprint density at radius 3 is 2.33 bits per heavy atom. The Morgan fingerprint density at radius 1 is 1.19 bits per heavy atom. The summed E-state index contributed by atoms with van der Waals surface area (Å²) in [6, 6.07) is 3.27. The summed E-state index contributed by atoms with van der Waals surface area (Å²) in [6.45, 7) is 1.26. The number of rotatable bonds is 3. The van der Waals surface area contributed by atoms with Crippen LogP contribution in [0.5, 0.6) is 11.5 Å². The number of morpholine rings is 1. The quantitative estimate of drug-likeness (QED) is 0.850. The number of hydrogen-bond donors (Lipinski definition) is 1. The minimum absolute atomic E-state index is 0.0753. The van der Waals surface area contributed by atoms with Crippen molar-refractivity contribution in [1.82, 2.24) is 4.90 Å². The molecule has 6 nitrogen and oxygen atoms in total. The molecule has 2 bridgehead atoms. The average molecular weight is 292 g/mol. The number of nitrogens with zero attached hydrogens (tertiary/aromatic N) is 1. The van der Waals surface area contributed by atoms with E-state index in [0.29, 0.717) is 35.8 Å². The van der Waals surface area contributed by atoms with Crippen LogP contribution in [0.25, 0.3) is 0 Å². The van der Waals surface area contributed by atoms with E-state index >= 15 is 0 Å². The van der Waals surface area contributed by atoms with Crippen LogP contribution in [-0.4, -0.2) is 50.3 Å². The topological polar surface area (TPSA) is 74.0 Å². The molecule has 0 aliphatic carbocycles. The Morgan fingerprint density at radius 2 is 1.76 bits per heavy atom.